The summed E-state index contributed by atoms with van der Waals surface area (Å²) >= 11 is 0. The van der Waals surface area contributed by atoms with Gasteiger partial charge in [-0.2, -0.15) is 0 Å². The standard InChI is InChI=1S/C90H132NO9P3/c1-13-25-37-67-55-73(43-31-19-7)85-79(61-67)80-62-68(38-26-14-2)56-74(44-32-20-8)86(80)96-101(95-85)92-52-49-91(50-53-93-102-97-87-75(45-33-21-9)57-69(39-27-15-3)63-81(87)82-64-70(40-28-16-4)58-76(46-34-22-10)88(82)98-102)51-54-94-103-99-89-77(47-35-23-11)59-71(41-29-17-5)65-83(89)84-66-72(42-30-18-6)60-78(48-36-24-12)90(84)100-103/h55-66H,13-54H2,1-12H3. The predicted octanol–water partition coefficient (Wildman–Crippen LogP) is 28.6. The number of aryl methyl sites for hydroxylation is 12. The molecule has 6 aromatic carbocycles. The third-order valence-corrected chi connectivity index (χ3v) is 23.9. The Morgan fingerprint density at radius 3 is 0.534 bits per heavy atom. The van der Waals surface area contributed by atoms with Crippen molar-refractivity contribution in [3.05, 3.63) is 140 Å². The maximum absolute atomic E-state index is 7.28. The van der Waals surface area contributed by atoms with Crippen LogP contribution in [0.5, 0.6) is 0 Å². The Kier molecular flexibility index (Phi) is 35.2. The third-order valence-electron chi connectivity index (χ3n) is 20.7. The zero-order valence-corrected chi connectivity index (χ0v) is 68.8. The highest BCUT2D eigenvalue weighted by Crippen LogP contribution is 2.44. The van der Waals surface area contributed by atoms with Crippen molar-refractivity contribution in [2.45, 2.75) is 314 Å². The molecule has 13 heteroatoms. The lowest BCUT2D eigenvalue weighted by atomic mass is 9.94. The highest BCUT2D eigenvalue weighted by molar-refractivity contribution is 7.32. The van der Waals surface area contributed by atoms with Crippen molar-refractivity contribution in [1.82, 2.24) is 4.90 Å². The van der Waals surface area contributed by atoms with Crippen LogP contribution in [-0.4, -0.2) is 44.4 Å². The van der Waals surface area contributed by atoms with Crippen molar-refractivity contribution in [2.24, 2.45) is 0 Å². The smallest absolute Gasteiger partial charge is 0.387 e. The van der Waals surface area contributed by atoms with Crippen molar-refractivity contribution >= 4 is 90.5 Å². The summed E-state index contributed by atoms with van der Waals surface area (Å²) in [6.45, 7) is 30.2. The van der Waals surface area contributed by atoms with Crippen LogP contribution in [0.15, 0.2) is 98.0 Å². The molecule has 0 aliphatic carbocycles. The zero-order chi connectivity index (χ0) is 72.7. The molecule has 0 aliphatic heterocycles. The Hall–Kier alpha value is -5.14. The summed E-state index contributed by atoms with van der Waals surface area (Å²) in [6.07, 6.45) is 38.6. The average Bonchev–Trinajstić information content (AvgIpc) is 1.71. The minimum Gasteiger partial charge on any atom is -0.399 e. The van der Waals surface area contributed by atoms with Crippen LogP contribution in [0.3, 0.4) is 0 Å². The van der Waals surface area contributed by atoms with Crippen LogP contribution in [0.1, 0.15) is 304 Å². The van der Waals surface area contributed by atoms with Gasteiger partial charge >= 0.3 is 24.7 Å². The van der Waals surface area contributed by atoms with Crippen LogP contribution < -0.4 is 13.6 Å². The fourth-order valence-corrected chi connectivity index (χ4v) is 17.9. The first-order valence-corrected chi connectivity index (χ1v) is 44.9. The fraction of sp³-hybridized carbons (Fsp3) is 0.600. The van der Waals surface area contributed by atoms with Crippen molar-refractivity contribution in [3.63, 3.8) is 0 Å². The van der Waals surface area contributed by atoms with Crippen LogP contribution >= 0.6 is 24.7 Å². The normalized spacial score (nSPS) is 12.0. The molecule has 0 saturated heterocycles. The number of hydrogen-bond donors (Lipinski definition) is 0. The molecule has 103 heavy (non-hydrogen) atoms. The molecule has 566 valence electrons. The summed E-state index contributed by atoms with van der Waals surface area (Å²) in [7, 11) is -5.63. The van der Waals surface area contributed by atoms with E-state index < -0.39 is 24.7 Å². The SMILES string of the molecule is CCCCc1cc(CCCC)c2op(OCCN(CCOp3oc4c(CCCC)cc(CCCC)cc4c4cc(CCCC)cc(CCCC)c4o3)CCOp3oc4c(CCCC)cc(CCCC)cc4c4cc(CCCC)cc(CCCC)c4o3)oc3c(CCCC)cc(CCCC)cc3c2c1. The molecule has 3 aromatic heterocycles. The van der Waals surface area contributed by atoms with Crippen molar-refractivity contribution < 1.29 is 38.8 Å². The van der Waals surface area contributed by atoms with Gasteiger partial charge in [0, 0.05) is 52.0 Å². The molecule has 9 aromatic rings. The van der Waals surface area contributed by atoms with E-state index in [4.69, 9.17) is 38.8 Å². The number of nitrogens with zero attached hydrogens (tertiary/aromatic N) is 1. The minimum absolute atomic E-state index is 0.351. The monoisotopic (exact) mass is 1460 g/mol. The van der Waals surface area contributed by atoms with E-state index in [0.29, 0.717) is 39.5 Å². The highest BCUT2D eigenvalue weighted by Gasteiger charge is 2.23. The van der Waals surface area contributed by atoms with Crippen molar-refractivity contribution in [2.75, 3.05) is 39.5 Å². The summed E-state index contributed by atoms with van der Waals surface area (Å²) in [4.78, 5) is 2.40. The van der Waals surface area contributed by atoms with Gasteiger partial charge in [-0.05, 0) is 257 Å². The summed E-state index contributed by atoms with van der Waals surface area (Å²) in [6, 6.07) is 29.0. The molecular weight excluding hydrogens is 1330 g/mol. The van der Waals surface area contributed by atoms with Crippen LogP contribution in [0.2, 0.25) is 0 Å². The van der Waals surface area contributed by atoms with Crippen LogP contribution in [0, 0.1) is 0 Å². The van der Waals surface area contributed by atoms with Gasteiger partial charge in [-0.1, -0.05) is 197 Å². The van der Waals surface area contributed by atoms with Gasteiger partial charge in [0.2, 0.25) is 0 Å². The lowest BCUT2D eigenvalue weighted by Crippen LogP contribution is -2.35. The second-order valence-electron chi connectivity index (χ2n) is 29.6. The first-order valence-electron chi connectivity index (χ1n) is 41.6. The first-order chi connectivity index (χ1) is 50.5. The van der Waals surface area contributed by atoms with E-state index in [1.165, 1.54) is 66.8 Å². The Labute approximate surface area is 623 Å². The summed E-state index contributed by atoms with van der Waals surface area (Å²) in [5.74, 6) is 0. The first kappa shape index (κ1) is 81.9. The number of hydrogen-bond acceptors (Lipinski definition) is 10. The van der Waals surface area contributed by atoms with Crippen molar-refractivity contribution in [1.29, 1.82) is 0 Å². The molecule has 0 saturated carbocycles. The number of benzene rings is 6. The molecule has 3 heterocycles. The van der Waals surface area contributed by atoms with Crippen molar-refractivity contribution in [3.8, 4) is 0 Å². The predicted molar refractivity (Wildman–Crippen MR) is 443 cm³/mol. The van der Waals surface area contributed by atoms with E-state index in [1.54, 1.807) is 0 Å². The summed E-state index contributed by atoms with van der Waals surface area (Å²) in [5, 5.41) is 6.88. The second-order valence-corrected chi connectivity index (χ2v) is 32.8. The summed E-state index contributed by atoms with van der Waals surface area (Å²) < 4.78 is 65.1. The van der Waals surface area contributed by atoms with Crippen LogP contribution in [0.25, 0.3) is 65.8 Å². The second kappa shape index (κ2) is 44.2. The number of rotatable bonds is 48. The lowest BCUT2D eigenvalue weighted by Gasteiger charge is -2.21. The van der Waals surface area contributed by atoms with Gasteiger partial charge in [0.25, 0.3) is 0 Å². The van der Waals surface area contributed by atoms with E-state index in [2.05, 4.69) is 161 Å². The van der Waals surface area contributed by atoms with E-state index in [0.717, 1.165) is 297 Å². The van der Waals surface area contributed by atoms with E-state index in [1.807, 2.05) is 0 Å². The van der Waals surface area contributed by atoms with Gasteiger partial charge in [0.1, 0.15) is 33.5 Å². The molecule has 0 unspecified atom stereocenters. The lowest BCUT2D eigenvalue weighted by molar-refractivity contribution is 0.183. The maximum Gasteiger partial charge on any atom is 0.387 e. The molecule has 9 rings (SSSR count). The molecule has 0 atom stereocenters. The molecule has 0 aliphatic rings. The topological polar surface area (TPSA) is 110 Å². The largest absolute Gasteiger partial charge is 0.399 e. The zero-order valence-electron chi connectivity index (χ0n) is 66.1. The highest BCUT2D eigenvalue weighted by atomic mass is 31.1. The Balaban J connectivity index is 1.16. The molecule has 0 spiro atoms. The van der Waals surface area contributed by atoms with Crippen LogP contribution in [0.4, 0.5) is 0 Å². The minimum atomic E-state index is -1.88. The average molecular weight is 1460 g/mol. The van der Waals surface area contributed by atoms with Crippen LogP contribution in [-0.2, 0) is 77.0 Å². The molecule has 0 amide bonds. The molecular formula is C90H132NO9P3. The third kappa shape index (κ3) is 23.4. The fourth-order valence-electron chi connectivity index (χ4n) is 14.6. The van der Waals surface area contributed by atoms with Gasteiger partial charge in [-0.15, -0.1) is 0 Å². The molecule has 0 N–H and O–H groups in total. The van der Waals surface area contributed by atoms with E-state index in [9.17, 15) is 0 Å². The van der Waals surface area contributed by atoms with E-state index in [-0.39, 0.29) is 0 Å². The summed E-state index contributed by atoms with van der Waals surface area (Å²) in [5.41, 5.74) is 21.3. The number of fused-ring (bicyclic) bond motifs is 9. The van der Waals surface area contributed by atoms with Gasteiger partial charge in [-0.25, -0.2) is 0 Å². The molecule has 0 radical (unpaired) electrons. The molecule has 0 bridgehead atoms. The molecule has 0 fully saturated rings. The van der Waals surface area contributed by atoms with Gasteiger partial charge in [-0.3, -0.25) is 18.5 Å². The Morgan fingerprint density at radius 1 is 0.223 bits per heavy atom. The Morgan fingerprint density at radius 2 is 0.379 bits per heavy atom. The molecule has 10 nitrogen and oxygen atoms in total. The van der Waals surface area contributed by atoms with Gasteiger partial charge < -0.3 is 25.2 Å². The Bertz CT molecular complexity index is 3530. The van der Waals surface area contributed by atoms with Gasteiger partial charge in [0.15, 0.2) is 0 Å². The number of unbranched alkanes of at least 4 members (excludes halogenated alkanes) is 12. The quantitative estimate of drug-likeness (QED) is 0.0366. The van der Waals surface area contributed by atoms with Gasteiger partial charge in [0.05, 0.1) is 19.8 Å². The van der Waals surface area contributed by atoms with E-state index >= 15 is 0 Å². The maximum atomic E-state index is 7.28.